The van der Waals surface area contributed by atoms with Gasteiger partial charge in [-0.2, -0.15) is 0 Å². The zero-order chi connectivity index (χ0) is 45.4. The second-order valence-corrected chi connectivity index (χ2v) is 18.8. The number of thiophene rings is 1. The van der Waals surface area contributed by atoms with E-state index in [0.717, 1.165) is 44.5 Å². The van der Waals surface area contributed by atoms with E-state index in [2.05, 4.69) is 164 Å². The molecule has 7 heteroatoms. The quantitative estimate of drug-likeness (QED) is 0.159. The summed E-state index contributed by atoms with van der Waals surface area (Å²) in [7, 11) is 0. The minimum absolute atomic E-state index is 0.0158. The van der Waals surface area contributed by atoms with Gasteiger partial charge in [0.25, 0.3) is 0 Å². The number of rotatable bonds is 7. The van der Waals surface area contributed by atoms with Crippen molar-refractivity contribution in [1.29, 1.82) is 0 Å². The minimum atomic E-state index is 0.0158. The first-order chi connectivity index (χ1) is 34.2. The molecule has 0 saturated heterocycles. The van der Waals surface area contributed by atoms with Crippen molar-refractivity contribution in [1.82, 2.24) is 29.9 Å². The van der Waals surface area contributed by atoms with Gasteiger partial charge in [-0.1, -0.05) is 188 Å². The van der Waals surface area contributed by atoms with Gasteiger partial charge in [0, 0.05) is 65.4 Å². The topological polar surface area (TPSA) is 77.3 Å². The molecule has 69 heavy (non-hydrogen) atoms. The maximum Gasteiger partial charge on any atom is 0.164 e. The van der Waals surface area contributed by atoms with Crippen LogP contribution in [0.2, 0.25) is 0 Å². The lowest BCUT2D eigenvalue weighted by atomic mass is 9.61. The molecule has 0 saturated carbocycles. The number of hydrogen-bond donors (Lipinski definition) is 0. The first-order valence-corrected chi connectivity index (χ1v) is 24.1. The van der Waals surface area contributed by atoms with Crippen molar-refractivity contribution < 1.29 is 0 Å². The maximum atomic E-state index is 5.35. The Kier molecular flexibility index (Phi) is 9.10. The molecular weight excluding hydrogens is 861 g/mol. The number of benzene rings is 9. The van der Waals surface area contributed by atoms with Crippen molar-refractivity contribution in [3.05, 3.63) is 252 Å². The molecule has 0 fully saturated rings. The Hall–Kier alpha value is -8.78. The standard InChI is InChI=1S/C62H38N6S/c1-4-16-37(17-5-1)57-63-58(38-18-6-2-7-19-38)65-60(64-57)41-28-31-47-51(35-41)55-45-24-11-12-25-46(45)56(47)52-36-42(29-32-48(52)55)61-66-59(39-20-8-3-9-21-39)67-62(68-61)49-26-13-10-22-43(49)40-30-33-54-50(34-40)44-23-14-15-27-53(44)69-54/h1-36,55-56H. The van der Waals surface area contributed by atoms with E-state index in [4.69, 9.17) is 29.9 Å². The summed E-state index contributed by atoms with van der Waals surface area (Å²) in [6.07, 6.45) is 0. The molecule has 2 unspecified atom stereocenters. The van der Waals surface area contributed by atoms with Gasteiger partial charge in [-0.05, 0) is 74.8 Å². The summed E-state index contributed by atoms with van der Waals surface area (Å²) in [6, 6.07) is 77.0. The van der Waals surface area contributed by atoms with Crippen LogP contribution in [0.4, 0.5) is 0 Å². The summed E-state index contributed by atoms with van der Waals surface area (Å²) in [6.45, 7) is 0. The molecule has 6 nitrogen and oxygen atoms in total. The highest BCUT2D eigenvalue weighted by Crippen LogP contribution is 2.56. The van der Waals surface area contributed by atoms with Crippen LogP contribution in [0.3, 0.4) is 0 Å². The number of fused-ring (bicyclic) bond motifs is 3. The molecule has 2 atom stereocenters. The Morgan fingerprint density at radius 2 is 0.638 bits per heavy atom. The molecule has 3 aliphatic carbocycles. The highest BCUT2D eigenvalue weighted by atomic mass is 32.1. The maximum absolute atomic E-state index is 5.35. The van der Waals surface area contributed by atoms with Crippen LogP contribution in [0.5, 0.6) is 0 Å². The third kappa shape index (κ3) is 6.61. The van der Waals surface area contributed by atoms with E-state index in [1.807, 2.05) is 65.9 Å². The fourth-order valence-electron chi connectivity index (χ4n) is 10.6. The molecule has 12 aromatic rings. The molecule has 3 aromatic heterocycles. The molecule has 3 aliphatic rings. The molecule has 0 radical (unpaired) electrons. The fraction of sp³-hybridized carbons (Fsp3) is 0.0323. The number of hydrogen-bond acceptors (Lipinski definition) is 7. The lowest BCUT2D eigenvalue weighted by molar-refractivity contribution is 0.754. The molecule has 15 rings (SSSR count). The highest BCUT2D eigenvalue weighted by Gasteiger charge is 2.41. The number of aromatic nitrogens is 6. The summed E-state index contributed by atoms with van der Waals surface area (Å²) in [5, 5.41) is 2.53. The second kappa shape index (κ2) is 15.9. The van der Waals surface area contributed by atoms with E-state index >= 15 is 0 Å². The lowest BCUT2D eigenvalue weighted by Crippen LogP contribution is -2.27. The third-order valence-corrected chi connectivity index (χ3v) is 14.9. The monoisotopic (exact) mass is 898 g/mol. The summed E-state index contributed by atoms with van der Waals surface area (Å²) in [4.78, 5) is 31.0. The van der Waals surface area contributed by atoms with Crippen LogP contribution in [0.25, 0.3) is 99.6 Å². The van der Waals surface area contributed by atoms with Gasteiger partial charge in [-0.25, -0.2) is 29.9 Å². The molecule has 0 amide bonds. The van der Waals surface area contributed by atoms with Crippen LogP contribution in [0, 0.1) is 0 Å². The summed E-state index contributed by atoms with van der Waals surface area (Å²) in [5.41, 5.74) is 15.7. The second-order valence-electron chi connectivity index (χ2n) is 17.7. The minimum Gasteiger partial charge on any atom is -0.208 e. The van der Waals surface area contributed by atoms with E-state index in [-0.39, 0.29) is 11.8 Å². The van der Waals surface area contributed by atoms with Gasteiger partial charge in [-0.3, -0.25) is 0 Å². The predicted octanol–water partition coefficient (Wildman–Crippen LogP) is 15.1. The summed E-state index contributed by atoms with van der Waals surface area (Å²) < 4.78 is 2.56. The SMILES string of the molecule is c1ccc(-c2nc(-c3ccccc3)nc(-c3ccc4c(c3)C3c5ccccc5C4c4cc(-c5nc(-c6ccccc6)nc(-c6ccccc6-c6ccc7sc8ccccc8c7c6)n5)ccc43)n2)cc1. The Morgan fingerprint density at radius 1 is 0.246 bits per heavy atom. The van der Waals surface area contributed by atoms with Crippen LogP contribution in [-0.4, -0.2) is 29.9 Å². The normalized spacial score (nSPS) is 14.4. The van der Waals surface area contributed by atoms with Crippen LogP contribution in [-0.2, 0) is 0 Å². The molecule has 9 aromatic carbocycles. The largest absolute Gasteiger partial charge is 0.208 e. The third-order valence-electron chi connectivity index (χ3n) is 13.8. The van der Waals surface area contributed by atoms with Gasteiger partial charge < -0.3 is 0 Å². The van der Waals surface area contributed by atoms with Crippen LogP contribution in [0.15, 0.2) is 218 Å². The molecular formula is C62H38N6S. The smallest absolute Gasteiger partial charge is 0.164 e. The highest BCUT2D eigenvalue weighted by molar-refractivity contribution is 7.25. The van der Waals surface area contributed by atoms with Gasteiger partial charge in [-0.15, -0.1) is 11.3 Å². The van der Waals surface area contributed by atoms with Crippen LogP contribution >= 0.6 is 11.3 Å². The van der Waals surface area contributed by atoms with Gasteiger partial charge in [0.05, 0.1) is 0 Å². The fourth-order valence-corrected chi connectivity index (χ4v) is 11.7. The average molecular weight is 899 g/mol. The van der Waals surface area contributed by atoms with Crippen LogP contribution in [0.1, 0.15) is 45.2 Å². The molecule has 2 bridgehead atoms. The van der Waals surface area contributed by atoms with Gasteiger partial charge in [0.15, 0.2) is 34.9 Å². The molecule has 0 aliphatic heterocycles. The zero-order valence-electron chi connectivity index (χ0n) is 37.0. The van der Waals surface area contributed by atoms with E-state index in [0.29, 0.717) is 34.9 Å². The van der Waals surface area contributed by atoms with Crippen molar-refractivity contribution in [2.45, 2.75) is 11.8 Å². The van der Waals surface area contributed by atoms with Crippen molar-refractivity contribution in [3.8, 4) is 79.5 Å². The van der Waals surface area contributed by atoms with Gasteiger partial charge in [0.2, 0.25) is 0 Å². The first-order valence-electron chi connectivity index (χ1n) is 23.3. The first kappa shape index (κ1) is 39.4. The van der Waals surface area contributed by atoms with Crippen molar-refractivity contribution in [2.24, 2.45) is 0 Å². The van der Waals surface area contributed by atoms with Crippen molar-refractivity contribution in [3.63, 3.8) is 0 Å². The van der Waals surface area contributed by atoms with Gasteiger partial charge >= 0.3 is 0 Å². The molecule has 0 spiro atoms. The molecule has 0 N–H and O–H groups in total. The van der Waals surface area contributed by atoms with E-state index in [1.54, 1.807) is 0 Å². The van der Waals surface area contributed by atoms with E-state index < -0.39 is 0 Å². The van der Waals surface area contributed by atoms with Crippen molar-refractivity contribution >= 4 is 31.5 Å². The summed E-state index contributed by atoms with van der Waals surface area (Å²) >= 11 is 1.83. The molecule has 3 heterocycles. The average Bonchev–Trinajstić information content (AvgIpc) is 3.81. The Morgan fingerprint density at radius 3 is 1.17 bits per heavy atom. The molecule has 322 valence electrons. The van der Waals surface area contributed by atoms with Gasteiger partial charge in [0.1, 0.15) is 0 Å². The Bertz CT molecular complexity index is 3920. The summed E-state index contributed by atoms with van der Waals surface area (Å²) in [5.74, 6) is 3.89. The number of nitrogens with zero attached hydrogens (tertiary/aromatic N) is 6. The lowest BCUT2D eigenvalue weighted by Gasteiger charge is -2.42. The predicted molar refractivity (Wildman–Crippen MR) is 279 cm³/mol. The zero-order valence-corrected chi connectivity index (χ0v) is 37.8. The van der Waals surface area contributed by atoms with E-state index in [1.165, 1.54) is 53.6 Å². The van der Waals surface area contributed by atoms with E-state index in [9.17, 15) is 0 Å². The van der Waals surface area contributed by atoms with Crippen molar-refractivity contribution in [2.75, 3.05) is 0 Å². The Balaban J connectivity index is 0.895. The van der Waals surface area contributed by atoms with Crippen LogP contribution < -0.4 is 0 Å². The Labute approximate surface area is 402 Å².